The van der Waals surface area contributed by atoms with Crippen LogP contribution < -0.4 is 0 Å². The Morgan fingerprint density at radius 2 is 1.95 bits per heavy atom. The van der Waals surface area contributed by atoms with Crippen LogP contribution in [0.4, 0.5) is 0 Å². The largest absolute Gasteiger partial charge is 0.465 e. The number of methoxy groups -OCH3 is 1. The van der Waals surface area contributed by atoms with Gasteiger partial charge in [-0.3, -0.25) is 0 Å². The number of nitrogens with zero attached hydrogens (tertiary/aromatic N) is 2. The normalized spacial score (nSPS) is 12.2. The molecule has 0 aliphatic rings. The Labute approximate surface area is 136 Å². The Morgan fingerprint density at radius 3 is 2.55 bits per heavy atom. The minimum Gasteiger partial charge on any atom is -0.465 e. The Bertz CT molecular complexity index is 823. The number of carbonyl (C=O) groups excluding carboxylic acids is 1. The first-order valence-corrected chi connectivity index (χ1v) is 8.39. The van der Waals surface area contributed by atoms with Crippen LogP contribution in [0.15, 0.2) is 46.2 Å². The van der Waals surface area contributed by atoms with Crippen molar-refractivity contribution in [3.8, 4) is 0 Å². The van der Waals surface area contributed by atoms with Crippen LogP contribution in [0.1, 0.15) is 11.3 Å². The molecule has 0 saturated carbocycles. The third-order valence-electron chi connectivity index (χ3n) is 2.83. The maximum Gasteiger partial charge on any atom is 0.345 e. The van der Waals surface area contributed by atoms with Crippen LogP contribution in [-0.2, 0) is 19.6 Å². The minimum atomic E-state index is -3.70. The number of benzene rings is 1. The van der Waals surface area contributed by atoms with Crippen molar-refractivity contribution in [2.45, 2.75) is 11.8 Å². The topological polar surface area (TPSA) is 78.3 Å². The molecule has 1 aromatic heterocycles. The molecule has 0 N–H and O–H groups in total. The van der Waals surface area contributed by atoms with Crippen LogP contribution in [0.3, 0.4) is 0 Å². The van der Waals surface area contributed by atoms with E-state index in [4.69, 9.17) is 0 Å². The molecule has 0 unspecified atom stereocenters. The molecule has 6 nitrogen and oxygen atoms in total. The second-order valence-corrected chi connectivity index (χ2v) is 7.13. The van der Waals surface area contributed by atoms with Crippen LogP contribution in [-0.4, -0.2) is 30.5 Å². The second kappa shape index (κ2) is 6.45. The first kappa shape index (κ1) is 16.4. The van der Waals surface area contributed by atoms with Gasteiger partial charge < -0.3 is 4.74 Å². The predicted octanol–water partition coefficient (Wildman–Crippen LogP) is 2.34. The Morgan fingerprint density at radius 1 is 1.32 bits per heavy atom. The van der Waals surface area contributed by atoms with Crippen molar-refractivity contribution in [3.63, 3.8) is 0 Å². The Kier molecular flexibility index (Phi) is 4.82. The van der Waals surface area contributed by atoms with Gasteiger partial charge in [-0.25, -0.2) is 22.2 Å². The molecule has 0 saturated heterocycles. The highest BCUT2D eigenvalue weighted by atomic mass is 79.9. The summed E-state index contributed by atoms with van der Waals surface area (Å²) in [5.74, 6) is -0.573. The second-order valence-electron chi connectivity index (χ2n) is 4.43. The van der Waals surface area contributed by atoms with Gasteiger partial charge in [0.15, 0.2) is 0 Å². The van der Waals surface area contributed by atoms with E-state index >= 15 is 0 Å². The Hall–Kier alpha value is -1.93. The van der Waals surface area contributed by atoms with E-state index in [1.165, 1.54) is 37.8 Å². The number of carbonyl (C=O) groups is 1. The molecular formula is C14H13BrN2O4S. The molecule has 116 valence electrons. The molecule has 1 heterocycles. The average Bonchev–Trinajstić information content (AvgIpc) is 2.96. The van der Waals surface area contributed by atoms with E-state index in [2.05, 4.69) is 25.7 Å². The molecule has 0 fully saturated rings. The fraction of sp³-hybridized carbons (Fsp3) is 0.143. The molecule has 0 amide bonds. The number of ether oxygens (including phenoxy) is 1. The van der Waals surface area contributed by atoms with Gasteiger partial charge in [-0.05, 0) is 41.1 Å². The summed E-state index contributed by atoms with van der Waals surface area (Å²) in [5, 5.41) is 0. The van der Waals surface area contributed by atoms with Gasteiger partial charge in [-0.2, -0.15) is 0 Å². The molecule has 2 rings (SSSR count). The number of hydrogen-bond acceptors (Lipinski definition) is 5. The zero-order chi connectivity index (χ0) is 16.3. The molecule has 1 aromatic carbocycles. The Balaban J connectivity index is 2.35. The lowest BCUT2D eigenvalue weighted by Gasteiger charge is -2.04. The number of aryl methyl sites for hydroxylation is 1. The van der Waals surface area contributed by atoms with Gasteiger partial charge in [-0.15, -0.1) is 0 Å². The predicted molar refractivity (Wildman–Crippen MR) is 84.9 cm³/mol. The highest BCUT2D eigenvalue weighted by molar-refractivity contribution is 9.12. The summed E-state index contributed by atoms with van der Waals surface area (Å²) in [6, 6.07) is 6.51. The summed E-state index contributed by atoms with van der Waals surface area (Å²) in [4.78, 5) is 15.4. The lowest BCUT2D eigenvalue weighted by molar-refractivity contribution is -0.135. The van der Waals surface area contributed by atoms with Gasteiger partial charge in [0, 0.05) is 6.20 Å². The maximum atomic E-state index is 12.4. The first-order chi connectivity index (χ1) is 10.3. The first-order valence-electron chi connectivity index (χ1n) is 6.16. The van der Waals surface area contributed by atoms with Crippen molar-refractivity contribution in [2.75, 3.05) is 7.11 Å². The van der Waals surface area contributed by atoms with Gasteiger partial charge in [0.1, 0.15) is 10.8 Å². The fourth-order valence-corrected chi connectivity index (χ4v) is 3.18. The smallest absolute Gasteiger partial charge is 0.345 e. The van der Waals surface area contributed by atoms with Crippen LogP contribution in [0.2, 0.25) is 0 Å². The van der Waals surface area contributed by atoms with Gasteiger partial charge >= 0.3 is 5.97 Å². The molecular weight excluding hydrogens is 372 g/mol. The van der Waals surface area contributed by atoms with Crippen molar-refractivity contribution in [2.24, 2.45) is 0 Å². The number of rotatable bonds is 4. The summed E-state index contributed by atoms with van der Waals surface area (Å²) in [6.07, 6.45) is 3.88. The van der Waals surface area contributed by atoms with Crippen LogP contribution >= 0.6 is 15.9 Å². The van der Waals surface area contributed by atoms with E-state index in [0.29, 0.717) is 5.69 Å². The summed E-state index contributed by atoms with van der Waals surface area (Å²) >= 11 is 3.04. The molecule has 0 bridgehead atoms. The molecule has 0 atom stereocenters. The summed E-state index contributed by atoms with van der Waals surface area (Å²) in [6.45, 7) is 1.88. The molecule has 0 radical (unpaired) electrons. The number of aromatic nitrogens is 2. The number of imidazole rings is 1. The summed E-state index contributed by atoms with van der Waals surface area (Å²) < 4.78 is 30.5. The standard InChI is InChI=1S/C14H13BrN2O4S/c1-10-3-5-12(6-4-10)22(19,20)17-8-11(16-9-17)7-13(15)14(18)21-2/h3-9H,1-2H3/b13-7+. The SMILES string of the molecule is COC(=O)/C(Br)=C\c1cn(S(=O)(=O)c2ccc(C)cc2)cn1. The lowest BCUT2D eigenvalue weighted by atomic mass is 10.2. The summed E-state index contributed by atoms with van der Waals surface area (Å²) in [7, 11) is -2.46. The van der Waals surface area contributed by atoms with E-state index in [1.807, 2.05) is 6.92 Å². The number of esters is 1. The van der Waals surface area contributed by atoms with Crippen molar-refractivity contribution >= 4 is 38.0 Å². The zero-order valence-corrected chi connectivity index (χ0v) is 14.3. The molecule has 22 heavy (non-hydrogen) atoms. The average molecular weight is 385 g/mol. The van der Waals surface area contributed by atoms with Crippen LogP contribution in [0, 0.1) is 6.92 Å². The lowest BCUT2D eigenvalue weighted by Crippen LogP contribution is -2.10. The highest BCUT2D eigenvalue weighted by Gasteiger charge is 2.17. The van der Waals surface area contributed by atoms with E-state index in [1.54, 1.807) is 12.1 Å². The van der Waals surface area contributed by atoms with Crippen molar-refractivity contribution in [1.29, 1.82) is 0 Å². The monoisotopic (exact) mass is 384 g/mol. The van der Waals surface area contributed by atoms with E-state index in [0.717, 1.165) is 9.54 Å². The molecule has 0 aliphatic carbocycles. The molecule has 2 aromatic rings. The highest BCUT2D eigenvalue weighted by Crippen LogP contribution is 2.17. The number of halogens is 1. The van der Waals surface area contributed by atoms with Gasteiger partial charge in [0.05, 0.1) is 17.7 Å². The van der Waals surface area contributed by atoms with Crippen LogP contribution in [0.5, 0.6) is 0 Å². The van der Waals surface area contributed by atoms with E-state index in [-0.39, 0.29) is 9.38 Å². The van der Waals surface area contributed by atoms with Crippen molar-refractivity contribution in [3.05, 3.63) is 52.5 Å². The van der Waals surface area contributed by atoms with Crippen LogP contribution in [0.25, 0.3) is 6.08 Å². The van der Waals surface area contributed by atoms with Gasteiger partial charge in [-0.1, -0.05) is 17.7 Å². The third kappa shape index (κ3) is 3.45. The fourth-order valence-electron chi connectivity index (χ4n) is 1.64. The summed E-state index contributed by atoms with van der Waals surface area (Å²) in [5.41, 5.74) is 1.28. The quantitative estimate of drug-likeness (QED) is 0.596. The van der Waals surface area contributed by atoms with Gasteiger partial charge in [0.25, 0.3) is 10.0 Å². The van der Waals surface area contributed by atoms with Crippen molar-refractivity contribution < 1.29 is 17.9 Å². The maximum absolute atomic E-state index is 12.4. The van der Waals surface area contributed by atoms with E-state index in [9.17, 15) is 13.2 Å². The molecule has 0 spiro atoms. The third-order valence-corrected chi connectivity index (χ3v) is 5.01. The minimum absolute atomic E-state index is 0.146. The zero-order valence-electron chi connectivity index (χ0n) is 11.9. The van der Waals surface area contributed by atoms with Crippen molar-refractivity contribution in [1.82, 2.24) is 8.96 Å². The van der Waals surface area contributed by atoms with E-state index < -0.39 is 16.0 Å². The van der Waals surface area contributed by atoms with Gasteiger partial charge in [0.2, 0.25) is 0 Å². The molecule has 0 aliphatic heterocycles. The number of hydrogen-bond donors (Lipinski definition) is 0. The molecule has 8 heteroatoms.